The fourth-order valence-corrected chi connectivity index (χ4v) is 3.60. The van der Waals surface area contributed by atoms with Gasteiger partial charge in [-0.05, 0) is 42.8 Å². The van der Waals surface area contributed by atoms with Crippen molar-refractivity contribution in [3.8, 4) is 29.1 Å². The molecule has 0 saturated heterocycles. The van der Waals surface area contributed by atoms with Crippen LogP contribution in [0.15, 0.2) is 78.2 Å². The number of nitrogens with zero attached hydrogens (tertiary/aromatic N) is 1. The van der Waals surface area contributed by atoms with Gasteiger partial charge in [-0.15, -0.1) is 0 Å². The summed E-state index contributed by atoms with van der Waals surface area (Å²) in [7, 11) is 1.58. The number of fused-ring (bicyclic) bond motifs is 1. The molecule has 0 spiro atoms. The summed E-state index contributed by atoms with van der Waals surface area (Å²) in [5, 5.41) is 9.70. The number of aryl methyl sites for hydroxylation is 1. The lowest BCUT2D eigenvalue weighted by Gasteiger charge is -2.27. The smallest absolute Gasteiger partial charge is 0.349 e. The first-order valence-electron chi connectivity index (χ1n) is 10.2. The van der Waals surface area contributed by atoms with Crippen molar-refractivity contribution in [1.82, 2.24) is 0 Å². The highest BCUT2D eigenvalue weighted by atomic mass is 16.6. The van der Waals surface area contributed by atoms with E-state index < -0.39 is 11.9 Å². The van der Waals surface area contributed by atoms with E-state index in [1.165, 1.54) is 0 Å². The Kier molecular flexibility index (Phi) is 6.18. The minimum Gasteiger partial charge on any atom is -0.497 e. The molecule has 0 radical (unpaired) electrons. The molecular formula is C26H22N2O5. The van der Waals surface area contributed by atoms with Gasteiger partial charge in [0.15, 0.2) is 6.61 Å². The van der Waals surface area contributed by atoms with Crippen LogP contribution in [0.2, 0.25) is 0 Å². The van der Waals surface area contributed by atoms with Crippen LogP contribution in [0, 0.1) is 18.3 Å². The predicted octanol–water partition coefficient (Wildman–Crippen LogP) is 4.21. The van der Waals surface area contributed by atoms with Crippen molar-refractivity contribution in [3.05, 3.63) is 94.9 Å². The van der Waals surface area contributed by atoms with Gasteiger partial charge >= 0.3 is 5.97 Å². The summed E-state index contributed by atoms with van der Waals surface area (Å²) in [6.45, 7) is 1.73. The molecule has 4 rings (SSSR count). The summed E-state index contributed by atoms with van der Waals surface area (Å²) in [5.41, 5.74) is 9.00. The maximum atomic E-state index is 12.3. The topological polar surface area (TPSA) is 104 Å². The molecule has 2 N–H and O–H groups in total. The predicted molar refractivity (Wildman–Crippen MR) is 121 cm³/mol. The Labute approximate surface area is 191 Å². The molecule has 1 unspecified atom stereocenters. The van der Waals surface area contributed by atoms with Crippen molar-refractivity contribution in [2.24, 2.45) is 5.73 Å². The van der Waals surface area contributed by atoms with Crippen molar-refractivity contribution in [1.29, 1.82) is 5.26 Å². The molecule has 0 amide bonds. The monoisotopic (exact) mass is 442 g/mol. The van der Waals surface area contributed by atoms with Crippen LogP contribution in [0.5, 0.6) is 23.0 Å². The van der Waals surface area contributed by atoms with Crippen LogP contribution in [0.1, 0.15) is 22.6 Å². The van der Waals surface area contributed by atoms with Gasteiger partial charge in [0, 0.05) is 11.6 Å². The molecule has 7 heteroatoms. The summed E-state index contributed by atoms with van der Waals surface area (Å²) in [4.78, 5) is 12.3. The highest BCUT2D eigenvalue weighted by Gasteiger charge is 2.31. The summed E-state index contributed by atoms with van der Waals surface area (Å²) >= 11 is 0. The molecule has 0 fully saturated rings. The lowest BCUT2D eigenvalue weighted by atomic mass is 9.83. The molecule has 1 aliphatic heterocycles. The standard InChI is InChI=1S/C26H22N2O5/c1-16-6-8-18(9-7-16)31-15-24(29)32-20-10-11-21-23(13-20)33-26(28)22(14-27)25(21)17-4-3-5-19(12-17)30-2/h3-13,25H,15,28H2,1-2H3. The average Bonchev–Trinajstić information content (AvgIpc) is 2.82. The Morgan fingerprint density at radius 2 is 1.82 bits per heavy atom. The molecule has 33 heavy (non-hydrogen) atoms. The molecule has 7 nitrogen and oxygen atoms in total. The average molecular weight is 442 g/mol. The Hall–Kier alpha value is -4.44. The maximum absolute atomic E-state index is 12.3. The number of allylic oxidation sites excluding steroid dienone is 1. The summed E-state index contributed by atoms with van der Waals surface area (Å²) in [6.07, 6.45) is 0. The summed E-state index contributed by atoms with van der Waals surface area (Å²) in [6, 6.07) is 21.9. The maximum Gasteiger partial charge on any atom is 0.349 e. The van der Waals surface area contributed by atoms with E-state index in [-0.39, 0.29) is 18.2 Å². The molecule has 1 atom stereocenters. The Morgan fingerprint density at radius 1 is 1.06 bits per heavy atom. The van der Waals surface area contributed by atoms with Crippen LogP contribution >= 0.6 is 0 Å². The Bertz CT molecular complexity index is 1260. The second-order valence-electron chi connectivity index (χ2n) is 7.48. The summed E-state index contributed by atoms with van der Waals surface area (Å²) in [5.74, 6) is 0.933. The van der Waals surface area contributed by atoms with Gasteiger partial charge in [-0.2, -0.15) is 5.26 Å². The van der Waals surface area contributed by atoms with E-state index in [4.69, 9.17) is 24.7 Å². The SMILES string of the molecule is COc1cccc(C2C(C#N)=C(N)Oc3cc(OC(=O)COc4ccc(C)cc4)ccc32)c1. The highest BCUT2D eigenvalue weighted by molar-refractivity contribution is 5.74. The minimum absolute atomic E-state index is 0.00370. The van der Waals surface area contributed by atoms with E-state index in [1.807, 2.05) is 43.3 Å². The number of ether oxygens (including phenoxy) is 4. The normalized spacial score (nSPS) is 14.5. The van der Waals surface area contributed by atoms with Crippen LogP contribution in [0.3, 0.4) is 0 Å². The van der Waals surface area contributed by atoms with Crippen LogP contribution < -0.4 is 24.7 Å². The van der Waals surface area contributed by atoms with Crippen molar-refractivity contribution in [3.63, 3.8) is 0 Å². The van der Waals surface area contributed by atoms with Crippen LogP contribution in [-0.2, 0) is 4.79 Å². The third-order valence-electron chi connectivity index (χ3n) is 5.23. The zero-order valence-corrected chi connectivity index (χ0v) is 18.2. The first-order chi connectivity index (χ1) is 16.0. The molecule has 0 aliphatic carbocycles. The van der Waals surface area contributed by atoms with Crippen LogP contribution in [0.25, 0.3) is 0 Å². The second-order valence-corrected chi connectivity index (χ2v) is 7.48. The third kappa shape index (κ3) is 4.75. The van der Waals surface area contributed by atoms with E-state index >= 15 is 0 Å². The van der Waals surface area contributed by atoms with Gasteiger partial charge in [0.05, 0.1) is 13.0 Å². The molecular weight excluding hydrogens is 420 g/mol. The van der Waals surface area contributed by atoms with Crippen LogP contribution in [0.4, 0.5) is 0 Å². The molecule has 3 aromatic carbocycles. The van der Waals surface area contributed by atoms with Gasteiger partial charge in [0.2, 0.25) is 5.88 Å². The van der Waals surface area contributed by atoms with Gasteiger partial charge in [0.25, 0.3) is 0 Å². The zero-order chi connectivity index (χ0) is 23.4. The fourth-order valence-electron chi connectivity index (χ4n) is 3.60. The zero-order valence-electron chi connectivity index (χ0n) is 18.2. The second kappa shape index (κ2) is 9.37. The van der Waals surface area contributed by atoms with Crippen molar-refractivity contribution >= 4 is 5.97 Å². The molecule has 166 valence electrons. The first kappa shape index (κ1) is 21.8. The van der Waals surface area contributed by atoms with Gasteiger partial charge < -0.3 is 24.7 Å². The van der Waals surface area contributed by atoms with Crippen LogP contribution in [-0.4, -0.2) is 19.7 Å². The number of benzene rings is 3. The van der Waals surface area contributed by atoms with E-state index in [9.17, 15) is 10.1 Å². The van der Waals surface area contributed by atoms with Gasteiger partial charge in [-0.25, -0.2) is 4.79 Å². The minimum atomic E-state index is -0.558. The van der Waals surface area contributed by atoms with E-state index in [0.29, 0.717) is 22.8 Å². The summed E-state index contributed by atoms with van der Waals surface area (Å²) < 4.78 is 21.9. The number of methoxy groups -OCH3 is 1. The van der Waals surface area contributed by atoms with Gasteiger partial charge in [-0.1, -0.05) is 35.9 Å². The first-order valence-corrected chi connectivity index (χ1v) is 10.2. The number of rotatable bonds is 6. The largest absolute Gasteiger partial charge is 0.497 e. The van der Waals surface area contributed by atoms with E-state index in [0.717, 1.165) is 16.7 Å². The number of carbonyl (C=O) groups is 1. The number of carbonyl (C=O) groups excluding carboxylic acids is 1. The van der Waals surface area contributed by atoms with Crippen molar-refractivity contribution in [2.45, 2.75) is 12.8 Å². The highest BCUT2D eigenvalue weighted by Crippen LogP contribution is 2.43. The lowest BCUT2D eigenvalue weighted by Crippen LogP contribution is -2.21. The third-order valence-corrected chi connectivity index (χ3v) is 5.23. The quantitative estimate of drug-likeness (QED) is 0.450. The van der Waals surface area contributed by atoms with E-state index in [1.54, 1.807) is 37.4 Å². The number of nitrogens with two attached hydrogens (primary N) is 1. The van der Waals surface area contributed by atoms with Gasteiger partial charge in [0.1, 0.15) is 34.6 Å². The number of nitriles is 1. The number of hydrogen-bond acceptors (Lipinski definition) is 7. The van der Waals surface area contributed by atoms with Crippen molar-refractivity contribution in [2.75, 3.05) is 13.7 Å². The number of hydrogen-bond donors (Lipinski definition) is 1. The molecule has 1 heterocycles. The lowest BCUT2D eigenvalue weighted by molar-refractivity contribution is -0.136. The molecule has 0 bridgehead atoms. The Morgan fingerprint density at radius 3 is 2.55 bits per heavy atom. The van der Waals surface area contributed by atoms with Gasteiger partial charge in [-0.3, -0.25) is 0 Å². The molecule has 0 saturated carbocycles. The van der Waals surface area contributed by atoms with Crippen molar-refractivity contribution < 1.29 is 23.7 Å². The van der Waals surface area contributed by atoms with E-state index in [2.05, 4.69) is 6.07 Å². The molecule has 3 aromatic rings. The molecule has 0 aromatic heterocycles. The molecule has 1 aliphatic rings. The fraction of sp³-hybridized carbons (Fsp3) is 0.154. The Balaban J connectivity index is 1.55. The number of esters is 1.